The zero-order chi connectivity index (χ0) is 17.1. The van der Waals surface area contributed by atoms with Crippen molar-refractivity contribution in [3.05, 3.63) is 24.0 Å². The molecule has 128 valence electrons. The van der Waals surface area contributed by atoms with E-state index in [1.54, 1.807) is 29.7 Å². The number of hydrogen-bond acceptors (Lipinski definition) is 6. The van der Waals surface area contributed by atoms with Crippen LogP contribution in [-0.2, 0) is 18.4 Å². The Hall–Kier alpha value is -2.64. The molecule has 2 heterocycles. The van der Waals surface area contributed by atoms with E-state index in [4.69, 9.17) is 4.74 Å². The van der Waals surface area contributed by atoms with Crippen molar-refractivity contribution in [2.24, 2.45) is 13.0 Å². The van der Waals surface area contributed by atoms with Gasteiger partial charge in [0.15, 0.2) is 0 Å². The highest BCUT2D eigenvalue weighted by Crippen LogP contribution is 2.27. The molecule has 1 aliphatic carbocycles. The van der Waals surface area contributed by atoms with Crippen molar-refractivity contribution in [2.45, 2.75) is 25.9 Å². The van der Waals surface area contributed by atoms with E-state index in [1.165, 1.54) is 31.5 Å². The van der Waals surface area contributed by atoms with E-state index in [9.17, 15) is 9.90 Å². The molecule has 1 amide bonds. The van der Waals surface area contributed by atoms with E-state index in [2.05, 4.69) is 15.3 Å². The average molecular weight is 331 g/mol. The molecule has 0 bridgehead atoms. The Morgan fingerprint density at radius 2 is 2.25 bits per heavy atom. The van der Waals surface area contributed by atoms with Crippen molar-refractivity contribution in [2.75, 3.05) is 13.6 Å². The second-order valence-corrected chi connectivity index (χ2v) is 6.14. The molecule has 8 nitrogen and oxygen atoms in total. The second kappa shape index (κ2) is 6.86. The number of amides is 1. The Bertz CT molecular complexity index is 709. The van der Waals surface area contributed by atoms with E-state index >= 15 is 0 Å². The smallest absolute Gasteiger partial charge is 0.409 e. The summed E-state index contributed by atoms with van der Waals surface area (Å²) in [6, 6.07) is 3.17. The van der Waals surface area contributed by atoms with E-state index in [-0.39, 0.29) is 18.4 Å². The van der Waals surface area contributed by atoms with E-state index in [0.717, 1.165) is 6.54 Å². The summed E-state index contributed by atoms with van der Waals surface area (Å²) in [7, 11) is 3.49. The highest BCUT2D eigenvalue weighted by atomic mass is 16.6. The molecule has 1 saturated carbocycles. The molecule has 3 rings (SSSR count). The number of nitrogens with zero attached hydrogens (tertiary/aromatic N) is 5. The molecule has 1 N–H and O–H groups in total. The van der Waals surface area contributed by atoms with Crippen molar-refractivity contribution in [1.29, 1.82) is 0 Å². The molecule has 2 aromatic heterocycles. The van der Waals surface area contributed by atoms with Crippen LogP contribution in [0.1, 0.15) is 25.0 Å². The molecule has 2 aromatic rings. The Kier molecular flexibility index (Phi) is 4.64. The summed E-state index contributed by atoms with van der Waals surface area (Å²) in [6.07, 6.45) is 4.59. The molecule has 0 aliphatic heterocycles. The maximum absolute atomic E-state index is 12.1. The largest absolute Gasteiger partial charge is 0.506 e. The third-order valence-corrected chi connectivity index (χ3v) is 4.33. The van der Waals surface area contributed by atoms with Gasteiger partial charge in [-0.05, 0) is 30.9 Å². The number of pyridine rings is 1. The van der Waals surface area contributed by atoms with Crippen molar-refractivity contribution in [3.8, 4) is 17.1 Å². The summed E-state index contributed by atoms with van der Waals surface area (Å²) in [5, 5.41) is 17.4. The van der Waals surface area contributed by atoms with Crippen LogP contribution in [0.3, 0.4) is 0 Å². The molecular formula is C16H21N5O3. The van der Waals surface area contributed by atoms with Crippen molar-refractivity contribution >= 4 is 6.09 Å². The summed E-state index contributed by atoms with van der Waals surface area (Å²) in [6.45, 7) is 0.796. The number of aryl methyl sites for hydroxylation is 1. The topological polar surface area (TPSA) is 93.4 Å². The van der Waals surface area contributed by atoms with Gasteiger partial charge in [0.05, 0.1) is 11.9 Å². The lowest BCUT2D eigenvalue weighted by Crippen LogP contribution is -2.34. The third kappa shape index (κ3) is 3.47. The fourth-order valence-corrected chi connectivity index (χ4v) is 2.64. The number of ether oxygens (including phenoxy) is 1. The summed E-state index contributed by atoms with van der Waals surface area (Å²) >= 11 is 0. The van der Waals surface area contributed by atoms with Gasteiger partial charge in [-0.2, -0.15) is 0 Å². The SMILES string of the molecule is CN(CC1CCC1)C(=O)OCc1c(-c2ccc(O)cn2)nnn1C. The standard InChI is InChI=1S/C16H21N5O3/c1-20(9-11-4-3-5-11)16(23)24-10-14-15(18-19-21(14)2)13-7-6-12(22)8-17-13/h6-8,11,22H,3-5,9-10H2,1-2H3. The van der Waals surface area contributed by atoms with Gasteiger partial charge in [0.25, 0.3) is 0 Å². The molecule has 0 saturated heterocycles. The molecule has 0 spiro atoms. The molecule has 0 atom stereocenters. The molecule has 1 fully saturated rings. The van der Waals surface area contributed by atoms with Crippen LogP contribution in [0.4, 0.5) is 4.79 Å². The van der Waals surface area contributed by atoms with Crippen molar-refractivity contribution in [3.63, 3.8) is 0 Å². The van der Waals surface area contributed by atoms with Gasteiger partial charge >= 0.3 is 6.09 Å². The number of carbonyl (C=O) groups is 1. The van der Waals surface area contributed by atoms with Crippen LogP contribution in [0.25, 0.3) is 11.4 Å². The van der Waals surface area contributed by atoms with Crippen LogP contribution in [0.2, 0.25) is 0 Å². The van der Waals surface area contributed by atoms with E-state index in [1.807, 2.05) is 0 Å². The van der Waals surface area contributed by atoms with Crippen molar-refractivity contribution in [1.82, 2.24) is 24.9 Å². The highest BCUT2D eigenvalue weighted by molar-refractivity contribution is 5.67. The Morgan fingerprint density at radius 1 is 1.46 bits per heavy atom. The average Bonchev–Trinajstić information content (AvgIpc) is 2.90. The quantitative estimate of drug-likeness (QED) is 0.900. The fraction of sp³-hybridized carbons (Fsp3) is 0.500. The first-order valence-electron chi connectivity index (χ1n) is 7.96. The summed E-state index contributed by atoms with van der Waals surface area (Å²) in [5.74, 6) is 0.672. The number of hydrogen-bond donors (Lipinski definition) is 1. The van der Waals surface area contributed by atoms with E-state index in [0.29, 0.717) is 23.0 Å². The predicted octanol–water partition coefficient (Wildman–Crippen LogP) is 1.95. The van der Waals surface area contributed by atoms with Crippen LogP contribution >= 0.6 is 0 Å². The van der Waals surface area contributed by atoms with Gasteiger partial charge < -0.3 is 14.7 Å². The van der Waals surface area contributed by atoms with Crippen LogP contribution in [-0.4, -0.2) is 49.7 Å². The minimum absolute atomic E-state index is 0.0647. The molecule has 8 heteroatoms. The molecule has 1 aliphatic rings. The van der Waals surface area contributed by atoms with Gasteiger partial charge in [-0.1, -0.05) is 11.6 Å². The number of aromatic nitrogens is 4. The molecule has 24 heavy (non-hydrogen) atoms. The summed E-state index contributed by atoms with van der Waals surface area (Å²) in [4.78, 5) is 17.9. The minimum Gasteiger partial charge on any atom is -0.506 e. The molecular weight excluding hydrogens is 310 g/mol. The van der Waals surface area contributed by atoms with Gasteiger partial charge in [0.1, 0.15) is 23.7 Å². The fourth-order valence-electron chi connectivity index (χ4n) is 2.64. The Morgan fingerprint density at radius 3 is 2.88 bits per heavy atom. The highest BCUT2D eigenvalue weighted by Gasteiger charge is 2.23. The molecule has 0 aromatic carbocycles. The second-order valence-electron chi connectivity index (χ2n) is 6.14. The summed E-state index contributed by atoms with van der Waals surface area (Å²) in [5.41, 5.74) is 1.75. The van der Waals surface area contributed by atoms with Gasteiger partial charge in [-0.25, -0.2) is 9.48 Å². The number of rotatable bonds is 5. The number of carbonyl (C=O) groups excluding carboxylic acids is 1. The first kappa shape index (κ1) is 16.2. The van der Waals surface area contributed by atoms with Crippen LogP contribution in [0.5, 0.6) is 5.75 Å². The normalized spacial score (nSPS) is 14.2. The van der Waals surface area contributed by atoms with Crippen LogP contribution < -0.4 is 0 Å². The van der Waals surface area contributed by atoms with Gasteiger partial charge in [0.2, 0.25) is 0 Å². The molecule has 0 radical (unpaired) electrons. The monoisotopic (exact) mass is 331 g/mol. The van der Waals surface area contributed by atoms with E-state index < -0.39 is 0 Å². The number of aromatic hydroxyl groups is 1. The maximum atomic E-state index is 12.1. The minimum atomic E-state index is -0.354. The zero-order valence-corrected chi connectivity index (χ0v) is 13.8. The lowest BCUT2D eigenvalue weighted by Gasteiger charge is -2.29. The first-order valence-corrected chi connectivity index (χ1v) is 7.96. The lowest BCUT2D eigenvalue weighted by molar-refractivity contribution is 0.0913. The van der Waals surface area contributed by atoms with Gasteiger partial charge in [0, 0.05) is 20.6 Å². The Labute approximate surface area is 140 Å². The Balaban J connectivity index is 1.65. The van der Waals surface area contributed by atoms with Crippen LogP contribution in [0.15, 0.2) is 18.3 Å². The third-order valence-electron chi connectivity index (χ3n) is 4.33. The molecule has 0 unspecified atom stereocenters. The maximum Gasteiger partial charge on any atom is 0.409 e. The lowest BCUT2D eigenvalue weighted by atomic mass is 9.85. The van der Waals surface area contributed by atoms with Gasteiger partial charge in [-0.15, -0.1) is 5.10 Å². The van der Waals surface area contributed by atoms with Crippen LogP contribution in [0, 0.1) is 5.92 Å². The zero-order valence-electron chi connectivity index (χ0n) is 13.8. The summed E-state index contributed by atoms with van der Waals surface area (Å²) < 4.78 is 6.95. The predicted molar refractivity (Wildman–Crippen MR) is 86.1 cm³/mol. The van der Waals surface area contributed by atoms with Crippen molar-refractivity contribution < 1.29 is 14.6 Å². The first-order chi connectivity index (χ1) is 11.5. The van der Waals surface area contributed by atoms with Gasteiger partial charge in [-0.3, -0.25) is 4.98 Å².